The number of amides is 2. The molecule has 1 atom stereocenters. The van der Waals surface area contributed by atoms with E-state index in [9.17, 15) is 9.59 Å². The molecule has 7 heteroatoms. The predicted octanol–water partition coefficient (Wildman–Crippen LogP) is 1.90. The van der Waals surface area contributed by atoms with Crippen LogP contribution < -0.4 is 10.6 Å². The molecule has 1 saturated carbocycles. The van der Waals surface area contributed by atoms with Crippen LogP contribution in [-0.2, 0) is 9.59 Å². The molecule has 1 aliphatic carbocycles. The first-order chi connectivity index (χ1) is 11.6. The van der Waals surface area contributed by atoms with Gasteiger partial charge in [0.25, 0.3) is 0 Å². The summed E-state index contributed by atoms with van der Waals surface area (Å²) in [5, 5.41) is 9.75. The molecular formula is C17H21N5O2. The number of nitrogens with zero attached hydrogens (tertiary/aromatic N) is 3. The standard InChI is InChI=1S/C17H21N5O2/c1-12(23)20-16(13-5-2-3-6-13)17(24)21-14-7-8-15(18-11-14)22-10-4-9-19-22/h4,7-11,13,16H,2-3,5-6H2,1H3,(H,20,23)(H,21,24). The van der Waals surface area contributed by atoms with E-state index in [1.165, 1.54) is 6.92 Å². The summed E-state index contributed by atoms with van der Waals surface area (Å²) in [7, 11) is 0. The van der Waals surface area contributed by atoms with Crippen LogP contribution in [0.15, 0.2) is 36.8 Å². The van der Waals surface area contributed by atoms with Gasteiger partial charge in [-0.3, -0.25) is 9.59 Å². The minimum absolute atomic E-state index is 0.186. The van der Waals surface area contributed by atoms with Gasteiger partial charge in [0.1, 0.15) is 6.04 Å². The first kappa shape index (κ1) is 16.2. The molecule has 2 heterocycles. The van der Waals surface area contributed by atoms with Crippen molar-refractivity contribution in [2.45, 2.75) is 38.6 Å². The zero-order chi connectivity index (χ0) is 16.9. The lowest BCUT2D eigenvalue weighted by atomic mass is 9.97. The van der Waals surface area contributed by atoms with E-state index in [4.69, 9.17) is 0 Å². The van der Waals surface area contributed by atoms with E-state index < -0.39 is 6.04 Å². The van der Waals surface area contributed by atoms with E-state index in [0.29, 0.717) is 11.5 Å². The molecule has 0 saturated heterocycles. The van der Waals surface area contributed by atoms with Crippen molar-refractivity contribution in [3.63, 3.8) is 0 Å². The third-order valence-electron chi connectivity index (χ3n) is 4.27. The minimum atomic E-state index is -0.490. The normalized spacial score (nSPS) is 15.9. The van der Waals surface area contributed by atoms with Crippen molar-refractivity contribution in [2.24, 2.45) is 5.92 Å². The topological polar surface area (TPSA) is 88.9 Å². The van der Waals surface area contributed by atoms with Crippen LogP contribution in [0, 0.1) is 5.92 Å². The molecule has 2 aromatic rings. The zero-order valence-corrected chi connectivity index (χ0v) is 13.6. The summed E-state index contributed by atoms with van der Waals surface area (Å²) in [5.41, 5.74) is 0.601. The van der Waals surface area contributed by atoms with Gasteiger partial charge in [-0.1, -0.05) is 12.8 Å². The average molecular weight is 327 g/mol. The molecule has 2 N–H and O–H groups in total. The van der Waals surface area contributed by atoms with E-state index >= 15 is 0 Å². The van der Waals surface area contributed by atoms with Crippen LogP contribution in [0.25, 0.3) is 5.82 Å². The van der Waals surface area contributed by atoms with Crippen LogP contribution in [0.4, 0.5) is 5.69 Å². The highest BCUT2D eigenvalue weighted by molar-refractivity contribution is 5.97. The first-order valence-electron chi connectivity index (χ1n) is 8.17. The third-order valence-corrected chi connectivity index (χ3v) is 4.27. The molecule has 0 aliphatic heterocycles. The Hall–Kier alpha value is -2.70. The van der Waals surface area contributed by atoms with Crippen molar-refractivity contribution in [2.75, 3.05) is 5.32 Å². The van der Waals surface area contributed by atoms with Crippen LogP contribution in [0.3, 0.4) is 0 Å². The predicted molar refractivity (Wildman–Crippen MR) is 89.6 cm³/mol. The van der Waals surface area contributed by atoms with Crippen molar-refractivity contribution >= 4 is 17.5 Å². The number of hydrogen-bond donors (Lipinski definition) is 2. The molecule has 1 unspecified atom stereocenters. The molecule has 2 amide bonds. The molecule has 126 valence electrons. The van der Waals surface area contributed by atoms with Crippen molar-refractivity contribution in [3.8, 4) is 5.82 Å². The second kappa shape index (κ2) is 7.25. The quantitative estimate of drug-likeness (QED) is 0.878. The highest BCUT2D eigenvalue weighted by Crippen LogP contribution is 2.28. The lowest BCUT2D eigenvalue weighted by Crippen LogP contribution is -2.47. The van der Waals surface area contributed by atoms with Gasteiger partial charge in [-0.25, -0.2) is 9.67 Å². The first-order valence-corrected chi connectivity index (χ1v) is 8.17. The van der Waals surface area contributed by atoms with Crippen molar-refractivity contribution in [1.29, 1.82) is 0 Å². The average Bonchev–Trinajstić information content (AvgIpc) is 3.26. The summed E-state index contributed by atoms with van der Waals surface area (Å²) in [6, 6.07) is 4.89. The smallest absolute Gasteiger partial charge is 0.247 e. The van der Waals surface area contributed by atoms with Crippen molar-refractivity contribution < 1.29 is 9.59 Å². The Kier molecular flexibility index (Phi) is 4.88. The number of carbonyl (C=O) groups is 2. The molecule has 1 aliphatic rings. The maximum atomic E-state index is 12.6. The Morgan fingerprint density at radius 2 is 2.08 bits per heavy atom. The van der Waals surface area contributed by atoms with Crippen LogP contribution in [0.2, 0.25) is 0 Å². The number of hydrogen-bond acceptors (Lipinski definition) is 4. The van der Waals surface area contributed by atoms with Gasteiger partial charge < -0.3 is 10.6 Å². The summed E-state index contributed by atoms with van der Waals surface area (Å²) < 4.78 is 1.64. The van der Waals surface area contributed by atoms with E-state index in [2.05, 4.69) is 20.7 Å². The lowest BCUT2D eigenvalue weighted by molar-refractivity contribution is -0.126. The fraction of sp³-hybridized carbons (Fsp3) is 0.412. The second-order valence-electron chi connectivity index (χ2n) is 6.07. The third kappa shape index (κ3) is 3.79. The Morgan fingerprint density at radius 1 is 1.29 bits per heavy atom. The molecule has 0 radical (unpaired) electrons. The number of aromatic nitrogens is 3. The molecule has 0 spiro atoms. The lowest BCUT2D eigenvalue weighted by Gasteiger charge is -2.23. The fourth-order valence-electron chi connectivity index (χ4n) is 3.13. The molecule has 1 fully saturated rings. The van der Waals surface area contributed by atoms with Gasteiger partial charge in [-0.05, 0) is 37.0 Å². The Labute approximate surface area is 140 Å². The Bertz CT molecular complexity index is 690. The second-order valence-corrected chi connectivity index (χ2v) is 6.07. The van der Waals surface area contributed by atoms with Crippen LogP contribution in [0.1, 0.15) is 32.6 Å². The van der Waals surface area contributed by atoms with Crippen molar-refractivity contribution in [3.05, 3.63) is 36.8 Å². The monoisotopic (exact) mass is 327 g/mol. The van der Waals surface area contributed by atoms with E-state index in [1.54, 1.807) is 35.4 Å². The van der Waals surface area contributed by atoms with Crippen LogP contribution in [-0.4, -0.2) is 32.6 Å². The maximum Gasteiger partial charge on any atom is 0.247 e. The molecule has 0 aromatic carbocycles. The van der Waals surface area contributed by atoms with Gasteiger partial charge in [0.2, 0.25) is 11.8 Å². The van der Waals surface area contributed by atoms with Crippen LogP contribution in [0.5, 0.6) is 0 Å². The van der Waals surface area contributed by atoms with Gasteiger partial charge in [-0.2, -0.15) is 5.10 Å². The van der Waals surface area contributed by atoms with Gasteiger partial charge >= 0.3 is 0 Å². The summed E-state index contributed by atoms with van der Waals surface area (Å²) in [5.74, 6) is 0.498. The maximum absolute atomic E-state index is 12.6. The SMILES string of the molecule is CC(=O)NC(C(=O)Nc1ccc(-n2cccn2)nc1)C1CCCC1. The highest BCUT2D eigenvalue weighted by atomic mass is 16.2. The molecule has 0 bridgehead atoms. The zero-order valence-electron chi connectivity index (χ0n) is 13.6. The molecule has 3 rings (SSSR count). The highest BCUT2D eigenvalue weighted by Gasteiger charge is 2.31. The summed E-state index contributed by atoms with van der Waals surface area (Å²) in [6.45, 7) is 1.44. The minimum Gasteiger partial charge on any atom is -0.344 e. The Balaban J connectivity index is 1.68. The van der Waals surface area contributed by atoms with E-state index in [-0.39, 0.29) is 17.7 Å². The largest absolute Gasteiger partial charge is 0.344 e. The van der Waals surface area contributed by atoms with Gasteiger partial charge in [0, 0.05) is 19.3 Å². The van der Waals surface area contributed by atoms with Gasteiger partial charge in [-0.15, -0.1) is 0 Å². The summed E-state index contributed by atoms with van der Waals surface area (Å²) in [4.78, 5) is 28.3. The molecule has 7 nitrogen and oxygen atoms in total. The molecule has 24 heavy (non-hydrogen) atoms. The van der Waals surface area contributed by atoms with E-state index in [1.807, 2.05) is 6.07 Å². The molecular weight excluding hydrogens is 306 g/mol. The summed E-state index contributed by atoms with van der Waals surface area (Å²) in [6.07, 6.45) is 9.21. The number of rotatable bonds is 5. The number of nitrogens with one attached hydrogen (secondary N) is 2. The summed E-state index contributed by atoms with van der Waals surface area (Å²) >= 11 is 0. The van der Waals surface area contributed by atoms with Gasteiger partial charge in [0.05, 0.1) is 11.9 Å². The Morgan fingerprint density at radius 3 is 2.67 bits per heavy atom. The van der Waals surface area contributed by atoms with E-state index in [0.717, 1.165) is 25.7 Å². The fourth-order valence-corrected chi connectivity index (χ4v) is 3.13. The van der Waals surface area contributed by atoms with Gasteiger partial charge in [0.15, 0.2) is 5.82 Å². The number of pyridine rings is 1. The van der Waals surface area contributed by atoms with Crippen LogP contribution >= 0.6 is 0 Å². The number of carbonyl (C=O) groups excluding carboxylic acids is 2. The molecule has 2 aromatic heterocycles. The van der Waals surface area contributed by atoms with Crippen molar-refractivity contribution in [1.82, 2.24) is 20.1 Å². The number of anilines is 1.